The molecule has 0 aromatic carbocycles. The third-order valence-corrected chi connectivity index (χ3v) is 4.78. The van der Waals surface area contributed by atoms with Crippen LogP contribution in [0, 0.1) is 6.92 Å². The van der Waals surface area contributed by atoms with Crippen molar-refractivity contribution in [1.82, 2.24) is 14.8 Å². The Hall–Kier alpha value is -1.61. The standard InChI is InChI=1S/C8H11N5O2S2/c1-5-10-4-7(16-5)17(14,15)12-8-6(9)3-11-13(8)2/h3-4,12H,9H2,1-2H3. The minimum atomic E-state index is -3.64. The maximum Gasteiger partial charge on any atom is 0.274 e. The van der Waals surface area contributed by atoms with E-state index in [2.05, 4.69) is 14.8 Å². The summed E-state index contributed by atoms with van der Waals surface area (Å²) in [4.78, 5) is 3.90. The molecule has 0 aliphatic heterocycles. The van der Waals surface area contributed by atoms with Crippen LogP contribution in [-0.2, 0) is 17.1 Å². The zero-order valence-corrected chi connectivity index (χ0v) is 10.8. The first-order valence-corrected chi connectivity index (χ1v) is 6.93. The van der Waals surface area contributed by atoms with Crippen molar-refractivity contribution in [2.75, 3.05) is 10.5 Å². The summed E-state index contributed by atoms with van der Waals surface area (Å²) in [6, 6.07) is 0. The summed E-state index contributed by atoms with van der Waals surface area (Å²) in [5.74, 6) is 0.246. The summed E-state index contributed by atoms with van der Waals surface area (Å²) in [5, 5.41) is 4.54. The summed E-state index contributed by atoms with van der Waals surface area (Å²) in [7, 11) is -2.04. The van der Waals surface area contributed by atoms with E-state index < -0.39 is 10.0 Å². The summed E-state index contributed by atoms with van der Waals surface area (Å²) in [6.07, 6.45) is 2.70. The van der Waals surface area contributed by atoms with Gasteiger partial charge in [-0.1, -0.05) is 0 Å². The molecule has 0 unspecified atom stereocenters. The molecule has 0 radical (unpaired) electrons. The van der Waals surface area contributed by atoms with Gasteiger partial charge in [0, 0.05) is 7.05 Å². The number of anilines is 2. The van der Waals surface area contributed by atoms with Gasteiger partial charge in [-0.2, -0.15) is 5.10 Å². The normalized spacial score (nSPS) is 11.6. The zero-order chi connectivity index (χ0) is 12.6. The average molecular weight is 273 g/mol. The Bertz CT molecular complexity index is 623. The van der Waals surface area contributed by atoms with Gasteiger partial charge in [-0.15, -0.1) is 11.3 Å². The van der Waals surface area contributed by atoms with Crippen LogP contribution in [0.2, 0.25) is 0 Å². The highest BCUT2D eigenvalue weighted by Crippen LogP contribution is 2.23. The van der Waals surface area contributed by atoms with Crippen LogP contribution in [-0.4, -0.2) is 23.2 Å². The quantitative estimate of drug-likeness (QED) is 0.851. The number of nitrogens with zero attached hydrogens (tertiary/aromatic N) is 3. The molecule has 0 aliphatic rings. The van der Waals surface area contributed by atoms with Crippen molar-refractivity contribution >= 4 is 32.9 Å². The average Bonchev–Trinajstić information content (AvgIpc) is 2.80. The smallest absolute Gasteiger partial charge is 0.274 e. The number of nitrogen functional groups attached to an aromatic ring is 1. The minimum absolute atomic E-state index is 0.149. The van der Waals surface area contributed by atoms with Crippen LogP contribution in [0.5, 0.6) is 0 Å². The number of nitrogens with two attached hydrogens (primary N) is 1. The van der Waals surface area contributed by atoms with Crippen molar-refractivity contribution in [2.45, 2.75) is 11.1 Å². The van der Waals surface area contributed by atoms with Crippen molar-refractivity contribution < 1.29 is 8.42 Å². The number of aromatic nitrogens is 3. The second kappa shape index (κ2) is 4.00. The molecular formula is C8H11N5O2S2. The van der Waals surface area contributed by atoms with Crippen LogP contribution in [0.25, 0.3) is 0 Å². The minimum Gasteiger partial charge on any atom is -0.394 e. The molecule has 0 amide bonds. The van der Waals surface area contributed by atoms with Gasteiger partial charge in [0.05, 0.1) is 23.1 Å². The van der Waals surface area contributed by atoms with Crippen molar-refractivity contribution in [3.8, 4) is 0 Å². The number of rotatable bonds is 3. The molecule has 17 heavy (non-hydrogen) atoms. The zero-order valence-electron chi connectivity index (χ0n) is 9.21. The van der Waals surface area contributed by atoms with E-state index >= 15 is 0 Å². The number of aryl methyl sites for hydroxylation is 2. The topological polar surface area (TPSA) is 103 Å². The third kappa shape index (κ3) is 2.24. The molecular weight excluding hydrogens is 262 g/mol. The fourth-order valence-corrected chi connectivity index (χ4v) is 3.45. The number of sulfonamides is 1. The van der Waals surface area contributed by atoms with Crippen molar-refractivity contribution in [1.29, 1.82) is 0 Å². The van der Waals surface area contributed by atoms with E-state index in [0.29, 0.717) is 5.01 Å². The molecule has 0 atom stereocenters. The van der Waals surface area contributed by atoms with Crippen LogP contribution in [0.15, 0.2) is 16.6 Å². The number of thiazole rings is 1. The molecule has 2 aromatic heterocycles. The van der Waals surface area contributed by atoms with Gasteiger partial charge in [-0.3, -0.25) is 9.40 Å². The number of nitrogens with one attached hydrogen (secondary N) is 1. The number of hydrogen-bond acceptors (Lipinski definition) is 6. The molecule has 0 spiro atoms. The Kier molecular flexibility index (Phi) is 2.79. The predicted molar refractivity (Wildman–Crippen MR) is 65.3 cm³/mol. The summed E-state index contributed by atoms with van der Waals surface area (Å²) >= 11 is 1.10. The van der Waals surface area contributed by atoms with E-state index in [1.165, 1.54) is 17.1 Å². The van der Waals surface area contributed by atoms with E-state index in [4.69, 9.17) is 5.73 Å². The molecule has 2 rings (SSSR count). The van der Waals surface area contributed by atoms with Gasteiger partial charge >= 0.3 is 0 Å². The fourth-order valence-electron chi connectivity index (χ4n) is 1.22. The fraction of sp³-hybridized carbons (Fsp3) is 0.250. The first kappa shape index (κ1) is 11.9. The lowest BCUT2D eigenvalue weighted by Gasteiger charge is -2.06. The van der Waals surface area contributed by atoms with E-state index in [1.54, 1.807) is 14.0 Å². The van der Waals surface area contributed by atoms with Gasteiger partial charge in [0.2, 0.25) is 0 Å². The maximum absolute atomic E-state index is 12.0. The molecule has 9 heteroatoms. The van der Waals surface area contributed by atoms with Gasteiger partial charge in [0.25, 0.3) is 10.0 Å². The molecule has 7 nitrogen and oxygen atoms in total. The first-order chi connectivity index (χ1) is 7.90. The lowest BCUT2D eigenvalue weighted by Crippen LogP contribution is -2.15. The Balaban J connectivity index is 2.36. The second-order valence-electron chi connectivity index (χ2n) is 3.38. The molecule has 0 saturated heterocycles. The Labute approximate surface area is 102 Å². The highest BCUT2D eigenvalue weighted by Gasteiger charge is 2.20. The predicted octanol–water partition coefficient (Wildman–Crippen LogP) is 0.568. The summed E-state index contributed by atoms with van der Waals surface area (Å²) in [6.45, 7) is 1.74. The lowest BCUT2D eigenvalue weighted by atomic mass is 10.5. The largest absolute Gasteiger partial charge is 0.394 e. The molecule has 3 N–H and O–H groups in total. The Morgan fingerprint density at radius 2 is 2.18 bits per heavy atom. The SMILES string of the molecule is Cc1ncc(S(=O)(=O)Nc2c(N)cnn2C)s1. The molecule has 0 bridgehead atoms. The summed E-state index contributed by atoms with van der Waals surface area (Å²) < 4.78 is 27.9. The van der Waals surface area contributed by atoms with E-state index in [0.717, 1.165) is 11.3 Å². The molecule has 2 aromatic rings. The van der Waals surface area contributed by atoms with Crippen LogP contribution >= 0.6 is 11.3 Å². The lowest BCUT2D eigenvalue weighted by molar-refractivity contribution is 0.602. The van der Waals surface area contributed by atoms with E-state index in [9.17, 15) is 8.42 Å². The van der Waals surface area contributed by atoms with Crippen LogP contribution in [0.3, 0.4) is 0 Å². The van der Waals surface area contributed by atoms with Crippen molar-refractivity contribution in [3.05, 3.63) is 17.4 Å². The van der Waals surface area contributed by atoms with Crippen molar-refractivity contribution in [2.24, 2.45) is 7.05 Å². The van der Waals surface area contributed by atoms with Crippen molar-refractivity contribution in [3.63, 3.8) is 0 Å². The summed E-state index contributed by atoms with van der Waals surface area (Å²) in [5.41, 5.74) is 5.88. The highest BCUT2D eigenvalue weighted by atomic mass is 32.2. The van der Waals surface area contributed by atoms with Gasteiger partial charge in [0.1, 0.15) is 0 Å². The van der Waals surface area contributed by atoms with Gasteiger partial charge in [-0.05, 0) is 6.92 Å². The van der Waals surface area contributed by atoms with E-state index in [1.807, 2.05) is 0 Å². The second-order valence-corrected chi connectivity index (χ2v) is 6.52. The van der Waals surface area contributed by atoms with Gasteiger partial charge in [-0.25, -0.2) is 13.4 Å². The van der Waals surface area contributed by atoms with Crippen LogP contribution in [0.4, 0.5) is 11.5 Å². The molecule has 92 valence electrons. The third-order valence-electron chi connectivity index (χ3n) is 2.06. The molecule has 0 saturated carbocycles. The van der Waals surface area contributed by atoms with E-state index in [-0.39, 0.29) is 15.7 Å². The van der Waals surface area contributed by atoms with Crippen LogP contribution in [0.1, 0.15) is 5.01 Å². The molecule has 0 fully saturated rings. The molecule has 2 heterocycles. The Morgan fingerprint density at radius 3 is 2.65 bits per heavy atom. The maximum atomic E-state index is 12.0. The Morgan fingerprint density at radius 1 is 1.47 bits per heavy atom. The van der Waals surface area contributed by atoms with Crippen LogP contribution < -0.4 is 10.5 Å². The first-order valence-electron chi connectivity index (χ1n) is 4.63. The monoisotopic (exact) mass is 273 g/mol. The highest BCUT2D eigenvalue weighted by molar-refractivity contribution is 7.94. The molecule has 0 aliphatic carbocycles. The van der Waals surface area contributed by atoms with Gasteiger partial charge < -0.3 is 5.73 Å². The number of hydrogen-bond donors (Lipinski definition) is 2. The van der Waals surface area contributed by atoms with Gasteiger partial charge in [0.15, 0.2) is 10.0 Å².